The summed E-state index contributed by atoms with van der Waals surface area (Å²) in [5, 5.41) is 3.09. The van der Waals surface area contributed by atoms with Crippen LogP contribution in [0.3, 0.4) is 0 Å². The first-order valence-corrected chi connectivity index (χ1v) is 11.7. The SMILES string of the molecule is CC1CCC(NC(=O)CN(CCN2CCCS2(=O)=O)c2cccc(F)c2)CC1. The molecule has 28 heavy (non-hydrogen) atoms. The Bertz CT molecular complexity index is 779. The zero-order valence-electron chi connectivity index (χ0n) is 16.4. The van der Waals surface area contributed by atoms with Crippen molar-refractivity contribution >= 4 is 21.6 Å². The Morgan fingerprint density at radius 2 is 2.04 bits per heavy atom. The van der Waals surface area contributed by atoms with Crippen LogP contribution in [-0.4, -0.2) is 56.6 Å². The van der Waals surface area contributed by atoms with Gasteiger partial charge < -0.3 is 10.2 Å². The Morgan fingerprint density at radius 3 is 2.68 bits per heavy atom. The summed E-state index contributed by atoms with van der Waals surface area (Å²) in [6, 6.07) is 6.28. The third kappa shape index (κ3) is 5.67. The third-order valence-electron chi connectivity index (χ3n) is 5.71. The zero-order valence-corrected chi connectivity index (χ0v) is 17.3. The molecule has 1 aliphatic heterocycles. The molecule has 0 radical (unpaired) electrons. The van der Waals surface area contributed by atoms with Crippen molar-refractivity contribution in [3.63, 3.8) is 0 Å². The summed E-state index contributed by atoms with van der Waals surface area (Å²) in [7, 11) is -3.20. The van der Waals surface area contributed by atoms with Crippen molar-refractivity contribution < 1.29 is 17.6 Å². The van der Waals surface area contributed by atoms with E-state index in [1.165, 1.54) is 16.4 Å². The van der Waals surface area contributed by atoms with Crippen molar-refractivity contribution in [1.29, 1.82) is 0 Å². The van der Waals surface area contributed by atoms with Gasteiger partial charge in [0.15, 0.2) is 0 Å². The molecule has 1 aliphatic carbocycles. The van der Waals surface area contributed by atoms with Crippen molar-refractivity contribution in [2.24, 2.45) is 5.92 Å². The molecule has 1 aromatic rings. The van der Waals surface area contributed by atoms with Gasteiger partial charge >= 0.3 is 0 Å². The highest BCUT2D eigenvalue weighted by atomic mass is 32.2. The van der Waals surface area contributed by atoms with E-state index in [4.69, 9.17) is 0 Å². The van der Waals surface area contributed by atoms with Gasteiger partial charge in [0, 0.05) is 31.4 Å². The van der Waals surface area contributed by atoms with Crippen LogP contribution in [0.2, 0.25) is 0 Å². The van der Waals surface area contributed by atoms with Gasteiger partial charge in [0.1, 0.15) is 5.82 Å². The van der Waals surface area contributed by atoms with Crippen molar-refractivity contribution in [2.45, 2.75) is 45.1 Å². The fourth-order valence-corrected chi connectivity index (χ4v) is 5.52. The van der Waals surface area contributed by atoms with Crippen LogP contribution in [0, 0.1) is 11.7 Å². The van der Waals surface area contributed by atoms with E-state index in [1.807, 2.05) is 0 Å². The van der Waals surface area contributed by atoms with Crippen LogP contribution in [0.4, 0.5) is 10.1 Å². The topological polar surface area (TPSA) is 69.7 Å². The first kappa shape index (κ1) is 21.0. The number of carbonyl (C=O) groups is 1. The van der Waals surface area contributed by atoms with Crippen LogP contribution in [0.15, 0.2) is 24.3 Å². The molecule has 0 bridgehead atoms. The van der Waals surface area contributed by atoms with Crippen molar-refractivity contribution in [2.75, 3.05) is 36.8 Å². The van der Waals surface area contributed by atoms with Gasteiger partial charge in [0.25, 0.3) is 0 Å². The van der Waals surface area contributed by atoms with E-state index >= 15 is 0 Å². The van der Waals surface area contributed by atoms with Crippen molar-refractivity contribution in [3.8, 4) is 0 Å². The Labute approximate surface area is 167 Å². The van der Waals surface area contributed by atoms with Crippen LogP contribution in [0.5, 0.6) is 0 Å². The van der Waals surface area contributed by atoms with E-state index in [0.717, 1.165) is 25.7 Å². The van der Waals surface area contributed by atoms with E-state index in [0.29, 0.717) is 37.7 Å². The first-order chi connectivity index (χ1) is 13.3. The predicted molar refractivity (Wildman–Crippen MR) is 108 cm³/mol. The minimum Gasteiger partial charge on any atom is -0.361 e. The van der Waals surface area contributed by atoms with E-state index < -0.39 is 10.0 Å². The molecule has 0 aromatic heterocycles. The zero-order chi connectivity index (χ0) is 20.1. The van der Waals surface area contributed by atoms with Crippen molar-refractivity contribution in [1.82, 2.24) is 9.62 Å². The van der Waals surface area contributed by atoms with Gasteiger partial charge in [-0.05, 0) is 56.2 Å². The third-order valence-corrected chi connectivity index (χ3v) is 7.67. The highest BCUT2D eigenvalue weighted by Crippen LogP contribution is 2.23. The second kappa shape index (κ2) is 9.22. The molecule has 0 spiro atoms. The number of anilines is 1. The number of nitrogens with zero attached hydrogens (tertiary/aromatic N) is 2. The van der Waals surface area contributed by atoms with Gasteiger partial charge in [-0.15, -0.1) is 0 Å². The first-order valence-electron chi connectivity index (χ1n) is 10.1. The number of hydrogen-bond donors (Lipinski definition) is 1. The van der Waals surface area contributed by atoms with Crippen LogP contribution >= 0.6 is 0 Å². The maximum Gasteiger partial charge on any atom is 0.239 e. The lowest BCUT2D eigenvalue weighted by molar-refractivity contribution is -0.120. The summed E-state index contributed by atoms with van der Waals surface area (Å²) in [5.41, 5.74) is 0.587. The standard InChI is InChI=1S/C20H30FN3O3S/c1-16-6-8-18(9-7-16)22-20(25)15-23(19-5-2-4-17(21)14-19)11-12-24-10-3-13-28(24,26)27/h2,4-5,14,16,18H,3,6-13,15H2,1H3,(H,22,25). The minimum absolute atomic E-state index is 0.0867. The van der Waals surface area contributed by atoms with E-state index in [2.05, 4.69) is 12.2 Å². The van der Waals surface area contributed by atoms with Crippen LogP contribution in [0.25, 0.3) is 0 Å². The predicted octanol–water partition coefficient (Wildman–Crippen LogP) is 2.36. The smallest absolute Gasteiger partial charge is 0.239 e. The average molecular weight is 412 g/mol. The van der Waals surface area contributed by atoms with Gasteiger partial charge in [-0.2, -0.15) is 0 Å². The summed E-state index contributed by atoms with van der Waals surface area (Å²) in [5.74, 6) is 0.401. The van der Waals surface area contributed by atoms with E-state index in [-0.39, 0.29) is 30.1 Å². The van der Waals surface area contributed by atoms with Gasteiger partial charge in [0.05, 0.1) is 12.3 Å². The quantitative estimate of drug-likeness (QED) is 0.748. The number of carbonyl (C=O) groups excluding carboxylic acids is 1. The summed E-state index contributed by atoms with van der Waals surface area (Å²) in [6.45, 7) is 3.47. The Kier molecular flexibility index (Phi) is 6.93. The summed E-state index contributed by atoms with van der Waals surface area (Å²) < 4.78 is 39.3. The van der Waals surface area contributed by atoms with Gasteiger partial charge in [-0.25, -0.2) is 17.1 Å². The lowest BCUT2D eigenvalue weighted by Crippen LogP contribution is -2.45. The maximum absolute atomic E-state index is 13.7. The summed E-state index contributed by atoms with van der Waals surface area (Å²) in [4.78, 5) is 14.4. The number of rotatable bonds is 7. The highest BCUT2D eigenvalue weighted by Gasteiger charge is 2.28. The van der Waals surface area contributed by atoms with Gasteiger partial charge in [-0.3, -0.25) is 4.79 Å². The van der Waals surface area contributed by atoms with Crippen LogP contribution in [0.1, 0.15) is 39.0 Å². The number of sulfonamides is 1. The molecule has 2 aliphatic rings. The number of amides is 1. The van der Waals surface area contributed by atoms with Crippen LogP contribution < -0.4 is 10.2 Å². The average Bonchev–Trinajstić information content (AvgIpc) is 2.99. The molecule has 3 rings (SSSR count). The molecule has 156 valence electrons. The molecule has 1 heterocycles. The van der Waals surface area contributed by atoms with E-state index in [9.17, 15) is 17.6 Å². The molecule has 2 fully saturated rings. The van der Waals surface area contributed by atoms with Gasteiger partial charge in [0.2, 0.25) is 15.9 Å². The molecule has 1 saturated carbocycles. The second-order valence-electron chi connectivity index (χ2n) is 7.99. The normalized spacial score (nSPS) is 24.8. The Balaban J connectivity index is 1.63. The lowest BCUT2D eigenvalue weighted by Gasteiger charge is -2.30. The van der Waals surface area contributed by atoms with Crippen molar-refractivity contribution in [3.05, 3.63) is 30.1 Å². The summed E-state index contributed by atoms with van der Waals surface area (Å²) in [6.07, 6.45) is 4.83. The molecule has 6 nitrogen and oxygen atoms in total. The van der Waals surface area contributed by atoms with Crippen LogP contribution in [-0.2, 0) is 14.8 Å². The second-order valence-corrected chi connectivity index (χ2v) is 10.1. The molecule has 1 N–H and O–H groups in total. The monoisotopic (exact) mass is 411 g/mol. The molecular formula is C20H30FN3O3S. The molecular weight excluding hydrogens is 381 g/mol. The molecule has 0 unspecified atom stereocenters. The fraction of sp³-hybridized carbons (Fsp3) is 0.650. The molecule has 8 heteroatoms. The maximum atomic E-state index is 13.7. The molecule has 1 amide bonds. The highest BCUT2D eigenvalue weighted by molar-refractivity contribution is 7.89. The largest absolute Gasteiger partial charge is 0.361 e. The lowest BCUT2D eigenvalue weighted by atomic mass is 9.87. The Morgan fingerprint density at radius 1 is 1.29 bits per heavy atom. The molecule has 0 atom stereocenters. The summed E-state index contributed by atoms with van der Waals surface area (Å²) >= 11 is 0. The molecule has 1 aromatic carbocycles. The Hall–Kier alpha value is -1.67. The fourth-order valence-electron chi connectivity index (χ4n) is 4.00. The number of nitrogens with one attached hydrogen (secondary N) is 1. The number of halogens is 1. The number of hydrogen-bond acceptors (Lipinski definition) is 4. The minimum atomic E-state index is -3.20. The number of benzene rings is 1. The van der Waals surface area contributed by atoms with E-state index in [1.54, 1.807) is 17.0 Å². The molecule has 1 saturated heterocycles. The van der Waals surface area contributed by atoms with Gasteiger partial charge in [-0.1, -0.05) is 13.0 Å².